The van der Waals surface area contributed by atoms with Crippen LogP contribution in [0.1, 0.15) is 0 Å². The Bertz CT molecular complexity index is 2780. The standard InChI is InChI=1S/C45H28N4/c1-2-12-29(13-3-1)30-22-24-31(25-23-30)43-46-44(48-45(47-43)49-41-20-10-8-18-38(41)39-19-9-11-21-42(39)49)32-26-27-37-35-16-5-4-14-33(35)34-15-6-7-17-36(34)40(37)28-32/h1-28H. The van der Waals surface area contributed by atoms with Crippen LogP contribution in [-0.2, 0) is 0 Å². The topological polar surface area (TPSA) is 43.6 Å². The summed E-state index contributed by atoms with van der Waals surface area (Å²) in [6.07, 6.45) is 0. The second-order valence-electron chi connectivity index (χ2n) is 12.4. The summed E-state index contributed by atoms with van der Waals surface area (Å²) in [5.41, 5.74) is 6.31. The van der Waals surface area contributed by atoms with E-state index in [2.05, 4.69) is 168 Å². The van der Waals surface area contributed by atoms with Crippen LogP contribution >= 0.6 is 0 Å². The molecule has 10 aromatic rings. The number of aromatic nitrogens is 4. The molecule has 0 bridgehead atoms. The summed E-state index contributed by atoms with van der Waals surface area (Å²) in [6, 6.07) is 59.8. The van der Waals surface area contributed by atoms with Crippen molar-refractivity contribution < 1.29 is 0 Å². The Morgan fingerprint density at radius 2 is 0.694 bits per heavy atom. The Morgan fingerprint density at radius 1 is 0.286 bits per heavy atom. The lowest BCUT2D eigenvalue weighted by molar-refractivity contribution is 0.954. The maximum absolute atomic E-state index is 5.23. The molecular weight excluding hydrogens is 597 g/mol. The fraction of sp³-hybridized carbons (Fsp3) is 0. The van der Waals surface area contributed by atoms with Crippen LogP contribution in [0.5, 0.6) is 0 Å². The highest BCUT2D eigenvalue weighted by Gasteiger charge is 2.18. The number of hydrogen-bond donors (Lipinski definition) is 0. The van der Waals surface area contributed by atoms with Crippen molar-refractivity contribution in [2.24, 2.45) is 0 Å². The van der Waals surface area contributed by atoms with Crippen molar-refractivity contribution in [3.8, 4) is 39.9 Å². The number of para-hydroxylation sites is 2. The number of hydrogen-bond acceptors (Lipinski definition) is 3. The van der Waals surface area contributed by atoms with Crippen LogP contribution in [0.15, 0.2) is 170 Å². The Hall–Kier alpha value is -6.65. The maximum Gasteiger partial charge on any atom is 0.238 e. The number of rotatable bonds is 4. The van der Waals surface area contributed by atoms with Crippen LogP contribution in [0.2, 0.25) is 0 Å². The monoisotopic (exact) mass is 624 g/mol. The third-order valence-corrected chi connectivity index (χ3v) is 9.66. The van der Waals surface area contributed by atoms with Crippen LogP contribution in [0.25, 0.3) is 94.0 Å². The van der Waals surface area contributed by atoms with Crippen molar-refractivity contribution in [1.29, 1.82) is 0 Å². The Balaban J connectivity index is 1.23. The largest absolute Gasteiger partial charge is 0.278 e. The Morgan fingerprint density at radius 3 is 1.29 bits per heavy atom. The van der Waals surface area contributed by atoms with Gasteiger partial charge in [-0.25, -0.2) is 4.98 Å². The minimum Gasteiger partial charge on any atom is -0.278 e. The summed E-state index contributed by atoms with van der Waals surface area (Å²) < 4.78 is 2.17. The number of benzene rings is 8. The van der Waals surface area contributed by atoms with Crippen LogP contribution in [0.3, 0.4) is 0 Å². The van der Waals surface area contributed by atoms with Gasteiger partial charge >= 0.3 is 0 Å². The second kappa shape index (κ2) is 11.0. The summed E-state index contributed by atoms with van der Waals surface area (Å²) in [4.78, 5) is 15.6. The van der Waals surface area contributed by atoms with Crippen molar-refractivity contribution >= 4 is 54.1 Å². The van der Waals surface area contributed by atoms with E-state index in [1.165, 1.54) is 37.9 Å². The van der Waals surface area contributed by atoms with Gasteiger partial charge in [0.05, 0.1) is 11.0 Å². The van der Waals surface area contributed by atoms with Gasteiger partial charge in [-0.15, -0.1) is 0 Å². The molecule has 0 saturated heterocycles. The molecule has 0 aliphatic heterocycles. The highest BCUT2D eigenvalue weighted by atomic mass is 15.2. The molecule has 2 heterocycles. The van der Waals surface area contributed by atoms with Gasteiger partial charge < -0.3 is 0 Å². The lowest BCUT2D eigenvalue weighted by Crippen LogP contribution is -2.06. The molecule has 4 nitrogen and oxygen atoms in total. The third kappa shape index (κ3) is 4.42. The first kappa shape index (κ1) is 27.5. The lowest BCUT2D eigenvalue weighted by atomic mass is 9.93. The highest BCUT2D eigenvalue weighted by molar-refractivity contribution is 6.25. The van der Waals surface area contributed by atoms with Gasteiger partial charge in [-0.3, -0.25) is 4.57 Å². The molecule has 0 radical (unpaired) electrons. The Kier molecular flexibility index (Phi) is 6.15. The normalized spacial score (nSPS) is 11.7. The molecule has 0 aliphatic rings. The van der Waals surface area contributed by atoms with Crippen LogP contribution in [0.4, 0.5) is 0 Å². The number of nitrogens with zero attached hydrogens (tertiary/aromatic N) is 4. The van der Waals surface area contributed by atoms with Crippen LogP contribution in [0, 0.1) is 0 Å². The second-order valence-corrected chi connectivity index (χ2v) is 12.4. The van der Waals surface area contributed by atoms with Crippen LogP contribution in [-0.4, -0.2) is 19.5 Å². The van der Waals surface area contributed by atoms with E-state index < -0.39 is 0 Å². The van der Waals surface area contributed by atoms with E-state index in [1.54, 1.807) is 0 Å². The zero-order valence-electron chi connectivity index (χ0n) is 26.5. The average molecular weight is 625 g/mol. The van der Waals surface area contributed by atoms with Crippen LogP contribution < -0.4 is 0 Å². The molecule has 228 valence electrons. The van der Waals surface area contributed by atoms with E-state index >= 15 is 0 Å². The molecule has 8 aromatic carbocycles. The third-order valence-electron chi connectivity index (χ3n) is 9.66. The van der Waals surface area contributed by atoms with E-state index in [-0.39, 0.29) is 0 Å². The SMILES string of the molecule is c1ccc(-c2ccc(-c3nc(-c4ccc5c6ccccc6c6ccccc6c5c4)nc(-n4c5ccccc5c5ccccc54)n3)cc2)cc1. The van der Waals surface area contributed by atoms with Crippen molar-refractivity contribution in [2.45, 2.75) is 0 Å². The molecule has 10 rings (SSSR count). The molecule has 4 heteroatoms. The quantitative estimate of drug-likeness (QED) is 0.183. The zero-order valence-corrected chi connectivity index (χ0v) is 26.5. The predicted octanol–water partition coefficient (Wildman–Crippen LogP) is 11.4. The van der Waals surface area contributed by atoms with Gasteiger partial charge in [0.25, 0.3) is 0 Å². The summed E-state index contributed by atoms with van der Waals surface area (Å²) >= 11 is 0. The van der Waals surface area contributed by atoms with Gasteiger partial charge in [-0.1, -0.05) is 152 Å². The summed E-state index contributed by atoms with van der Waals surface area (Å²) in [5, 5.41) is 9.67. The number of fused-ring (bicyclic) bond motifs is 9. The van der Waals surface area contributed by atoms with Gasteiger partial charge in [-0.2, -0.15) is 9.97 Å². The molecular formula is C45H28N4. The smallest absolute Gasteiger partial charge is 0.238 e. The van der Waals surface area contributed by atoms with Gasteiger partial charge in [0.15, 0.2) is 11.6 Å². The van der Waals surface area contributed by atoms with Gasteiger partial charge in [0.2, 0.25) is 5.95 Å². The molecule has 0 unspecified atom stereocenters. The van der Waals surface area contributed by atoms with E-state index in [1.807, 2.05) is 6.07 Å². The fourth-order valence-corrected chi connectivity index (χ4v) is 7.35. The lowest BCUT2D eigenvalue weighted by Gasteiger charge is -2.13. The molecule has 0 atom stereocenters. The molecule has 0 aliphatic carbocycles. The summed E-state index contributed by atoms with van der Waals surface area (Å²) in [6.45, 7) is 0. The highest BCUT2D eigenvalue weighted by Crippen LogP contribution is 2.38. The maximum atomic E-state index is 5.23. The van der Waals surface area contributed by atoms with E-state index in [0.29, 0.717) is 17.6 Å². The van der Waals surface area contributed by atoms with E-state index in [9.17, 15) is 0 Å². The van der Waals surface area contributed by atoms with Crippen molar-refractivity contribution in [1.82, 2.24) is 19.5 Å². The van der Waals surface area contributed by atoms with Gasteiger partial charge in [-0.05, 0) is 61.6 Å². The predicted molar refractivity (Wildman–Crippen MR) is 203 cm³/mol. The summed E-state index contributed by atoms with van der Waals surface area (Å²) in [7, 11) is 0. The molecule has 0 spiro atoms. The molecule has 2 aromatic heterocycles. The van der Waals surface area contributed by atoms with E-state index in [0.717, 1.165) is 38.5 Å². The van der Waals surface area contributed by atoms with Crippen molar-refractivity contribution in [2.75, 3.05) is 0 Å². The first-order chi connectivity index (χ1) is 24.3. The summed E-state index contributed by atoms with van der Waals surface area (Å²) in [5.74, 6) is 1.85. The minimum absolute atomic E-state index is 0.591. The van der Waals surface area contributed by atoms with Gasteiger partial charge in [0, 0.05) is 21.9 Å². The molecule has 49 heavy (non-hydrogen) atoms. The van der Waals surface area contributed by atoms with E-state index in [4.69, 9.17) is 15.0 Å². The molecule has 0 amide bonds. The van der Waals surface area contributed by atoms with Crippen molar-refractivity contribution in [3.05, 3.63) is 170 Å². The first-order valence-electron chi connectivity index (χ1n) is 16.5. The minimum atomic E-state index is 0.591. The molecule has 0 saturated carbocycles. The average Bonchev–Trinajstić information content (AvgIpc) is 3.52. The molecule has 0 N–H and O–H groups in total. The van der Waals surface area contributed by atoms with Crippen molar-refractivity contribution in [3.63, 3.8) is 0 Å². The Labute approximate surface area is 282 Å². The fourth-order valence-electron chi connectivity index (χ4n) is 7.35. The molecule has 0 fully saturated rings. The zero-order chi connectivity index (χ0) is 32.3. The first-order valence-corrected chi connectivity index (χ1v) is 16.5. The van der Waals surface area contributed by atoms with Gasteiger partial charge in [0.1, 0.15) is 0 Å².